The average molecular weight is 613 g/mol. The molecular weight excluding hydrogens is 564 g/mol. The number of hydrogen-bond acceptors (Lipinski definition) is 4. The molecule has 0 unspecified atom stereocenters. The number of nitrogens with zero attached hydrogens (tertiary/aromatic N) is 2. The molecule has 0 heterocycles. The van der Waals surface area contributed by atoms with E-state index in [1.165, 1.54) is 0 Å². The largest absolute Gasteiger partial charge is 0.494 e. The van der Waals surface area contributed by atoms with Crippen molar-refractivity contribution in [3.63, 3.8) is 0 Å². The first-order chi connectivity index (χ1) is 22.1. The molecule has 0 aliphatic carbocycles. The number of unbranched alkanes of at least 4 members (excludes halogenated alkanes) is 1. The smallest absolute Gasteiger partial charge is 0.119 e. The van der Waals surface area contributed by atoms with Crippen LogP contribution in [0.1, 0.15) is 73.9 Å². The fraction of sp³-hybridized carbons (Fsp3) is 0.333. The van der Waals surface area contributed by atoms with Crippen LogP contribution in [0.4, 0.5) is 11.4 Å². The maximum atomic E-state index is 6.02. The van der Waals surface area contributed by atoms with Crippen molar-refractivity contribution in [1.82, 2.24) is 0 Å². The van der Waals surface area contributed by atoms with Crippen molar-refractivity contribution in [3.8, 4) is 11.5 Å². The Hall–Kier alpha value is -4.62. The minimum Gasteiger partial charge on any atom is -0.494 e. The maximum Gasteiger partial charge on any atom is 0.119 e. The molecule has 238 valence electrons. The zero-order valence-electron chi connectivity index (χ0n) is 28.8. The second kappa shape index (κ2) is 16.6. The lowest BCUT2D eigenvalue weighted by molar-refractivity contribution is 0.266. The summed E-state index contributed by atoms with van der Waals surface area (Å²) in [5.41, 5.74) is 11.0. The molecule has 0 saturated carbocycles. The van der Waals surface area contributed by atoms with Gasteiger partial charge in [0.15, 0.2) is 0 Å². The molecule has 0 aromatic heterocycles. The molecule has 4 rings (SSSR count). The van der Waals surface area contributed by atoms with Crippen molar-refractivity contribution >= 4 is 34.3 Å². The predicted molar refractivity (Wildman–Crippen MR) is 196 cm³/mol. The molecule has 0 atom stereocenters. The van der Waals surface area contributed by atoms with Gasteiger partial charge in [-0.3, -0.25) is 0 Å². The van der Waals surface area contributed by atoms with Crippen molar-refractivity contribution in [2.45, 2.75) is 68.2 Å². The highest BCUT2D eigenvalue weighted by Gasteiger charge is 2.09. The molecule has 0 aliphatic heterocycles. The van der Waals surface area contributed by atoms with Gasteiger partial charge in [-0.25, -0.2) is 9.98 Å². The second-order valence-corrected chi connectivity index (χ2v) is 12.5. The molecule has 0 aliphatic rings. The molecule has 0 fully saturated rings. The summed E-state index contributed by atoms with van der Waals surface area (Å²) >= 11 is 0. The van der Waals surface area contributed by atoms with Gasteiger partial charge in [0.2, 0.25) is 0 Å². The second-order valence-electron chi connectivity index (χ2n) is 12.5. The third-order valence-corrected chi connectivity index (χ3v) is 8.02. The van der Waals surface area contributed by atoms with Crippen LogP contribution in [0.2, 0.25) is 0 Å². The van der Waals surface area contributed by atoms with Crippen LogP contribution in [0.15, 0.2) is 94.9 Å². The van der Waals surface area contributed by atoms with Crippen LogP contribution in [-0.2, 0) is 0 Å². The normalized spacial score (nSPS) is 10.7. The van der Waals surface area contributed by atoms with E-state index in [1.54, 1.807) is 0 Å². The molecular formula is C42H48N2O2. The summed E-state index contributed by atoms with van der Waals surface area (Å²) in [4.78, 5) is 9.46. The number of benzene rings is 4. The van der Waals surface area contributed by atoms with E-state index in [9.17, 15) is 0 Å². The quantitative estimate of drug-likeness (QED) is 0.111. The van der Waals surface area contributed by atoms with Crippen molar-refractivity contribution < 1.29 is 9.47 Å². The van der Waals surface area contributed by atoms with E-state index in [4.69, 9.17) is 19.5 Å². The number of aryl methyl sites for hydroxylation is 4. The Bertz CT molecular complexity index is 1560. The average Bonchev–Trinajstić information content (AvgIpc) is 3.02. The lowest BCUT2D eigenvalue weighted by atomic mass is 9.97. The third-order valence-electron chi connectivity index (χ3n) is 8.02. The first-order valence-corrected chi connectivity index (χ1v) is 16.4. The zero-order chi connectivity index (χ0) is 33.1. The van der Waals surface area contributed by atoms with Gasteiger partial charge >= 0.3 is 0 Å². The SMILES string of the molecule is Cc1cccc(C)c1N=C=C(c1ccc(OCCCCOc2ccc(C(=C=Nc3c(C)cccc3C)C(C)C)cc2)cc1)C(C)C. The van der Waals surface area contributed by atoms with Gasteiger partial charge < -0.3 is 9.47 Å². The number of para-hydroxylation sites is 2. The van der Waals surface area contributed by atoms with Crippen molar-refractivity contribution in [2.75, 3.05) is 13.2 Å². The van der Waals surface area contributed by atoms with E-state index in [0.717, 1.165) is 80.2 Å². The van der Waals surface area contributed by atoms with Crippen LogP contribution in [0.3, 0.4) is 0 Å². The van der Waals surface area contributed by atoms with E-state index in [2.05, 4.69) is 128 Å². The van der Waals surface area contributed by atoms with E-state index in [1.807, 2.05) is 24.3 Å². The van der Waals surface area contributed by atoms with Gasteiger partial charge in [0.25, 0.3) is 0 Å². The highest BCUT2D eigenvalue weighted by atomic mass is 16.5. The molecule has 46 heavy (non-hydrogen) atoms. The van der Waals surface area contributed by atoms with Gasteiger partial charge in [-0.15, -0.1) is 0 Å². The van der Waals surface area contributed by atoms with Gasteiger partial charge in [-0.2, -0.15) is 0 Å². The number of allylic oxidation sites excluding steroid dienone is 2. The zero-order valence-corrected chi connectivity index (χ0v) is 28.8. The van der Waals surface area contributed by atoms with Crippen LogP contribution in [-0.4, -0.2) is 25.0 Å². The predicted octanol–water partition coefficient (Wildman–Crippen LogP) is 11.2. The van der Waals surface area contributed by atoms with E-state index in [0.29, 0.717) is 25.0 Å². The number of hydrogen-bond donors (Lipinski definition) is 0. The summed E-state index contributed by atoms with van der Waals surface area (Å²) in [7, 11) is 0. The number of aliphatic imine (C=N–C) groups is 2. The molecule has 0 N–H and O–H groups in total. The van der Waals surface area contributed by atoms with Gasteiger partial charge in [0.05, 0.1) is 24.6 Å². The fourth-order valence-electron chi connectivity index (χ4n) is 5.30. The monoisotopic (exact) mass is 612 g/mol. The Labute approximate surface area is 276 Å². The highest BCUT2D eigenvalue weighted by molar-refractivity contribution is 5.93. The van der Waals surface area contributed by atoms with Gasteiger partial charge in [0.1, 0.15) is 11.5 Å². The molecule has 0 amide bonds. The molecule has 0 bridgehead atoms. The van der Waals surface area contributed by atoms with Crippen molar-refractivity contribution in [3.05, 3.63) is 118 Å². The van der Waals surface area contributed by atoms with Crippen LogP contribution in [0, 0.1) is 39.5 Å². The summed E-state index contributed by atoms with van der Waals surface area (Å²) in [5.74, 6) is 9.01. The van der Waals surface area contributed by atoms with Gasteiger partial charge in [0, 0.05) is 11.1 Å². The summed E-state index contributed by atoms with van der Waals surface area (Å²) < 4.78 is 12.0. The first-order valence-electron chi connectivity index (χ1n) is 16.4. The summed E-state index contributed by atoms with van der Waals surface area (Å²) in [5, 5.41) is 0. The number of ether oxygens (including phenoxy) is 2. The van der Waals surface area contributed by atoms with E-state index in [-0.39, 0.29) is 0 Å². The molecule has 4 heteroatoms. The topological polar surface area (TPSA) is 43.2 Å². The molecule has 4 aromatic carbocycles. The molecule has 0 saturated heterocycles. The Kier molecular flexibility index (Phi) is 12.4. The summed E-state index contributed by atoms with van der Waals surface area (Å²) in [6, 6.07) is 29.0. The Morgan fingerprint density at radius 1 is 0.522 bits per heavy atom. The van der Waals surface area contributed by atoms with Crippen LogP contribution in [0.5, 0.6) is 11.5 Å². The first kappa shape index (κ1) is 34.3. The minimum atomic E-state index is 0.298. The van der Waals surface area contributed by atoms with E-state index < -0.39 is 0 Å². The van der Waals surface area contributed by atoms with Crippen molar-refractivity contribution in [1.29, 1.82) is 0 Å². The molecule has 4 nitrogen and oxygen atoms in total. The Morgan fingerprint density at radius 2 is 0.848 bits per heavy atom. The summed E-state index contributed by atoms with van der Waals surface area (Å²) in [6.45, 7) is 18.3. The lowest BCUT2D eigenvalue weighted by Crippen LogP contribution is -2.03. The van der Waals surface area contributed by atoms with Gasteiger partial charge in [-0.05, 0) is 122 Å². The molecule has 4 aromatic rings. The third kappa shape index (κ3) is 9.44. The lowest BCUT2D eigenvalue weighted by Gasteiger charge is -2.12. The minimum absolute atomic E-state index is 0.298. The van der Waals surface area contributed by atoms with Crippen molar-refractivity contribution in [2.24, 2.45) is 21.8 Å². The Morgan fingerprint density at radius 3 is 1.15 bits per heavy atom. The highest BCUT2D eigenvalue weighted by Crippen LogP contribution is 2.28. The Balaban J connectivity index is 1.27. The standard InChI is InChI=1S/C42H48N2O2/c1-29(2)39(27-43-41-31(5)13-11-14-32(41)6)35-17-21-37(22-18-35)45-25-9-10-26-46-38-23-19-36(20-24-38)40(30(3)4)28-44-42-33(7)15-12-16-34(42)8/h11-24,29-30H,9-10,25-26H2,1-8H3. The molecule has 0 radical (unpaired) electrons. The molecule has 0 spiro atoms. The van der Waals surface area contributed by atoms with Crippen LogP contribution < -0.4 is 9.47 Å². The fourth-order valence-corrected chi connectivity index (χ4v) is 5.30. The van der Waals surface area contributed by atoms with E-state index >= 15 is 0 Å². The van der Waals surface area contributed by atoms with Gasteiger partial charge in [-0.1, -0.05) is 88.4 Å². The van der Waals surface area contributed by atoms with Crippen LogP contribution >= 0.6 is 0 Å². The van der Waals surface area contributed by atoms with Crippen LogP contribution in [0.25, 0.3) is 11.1 Å². The number of rotatable bonds is 13. The summed E-state index contributed by atoms with van der Waals surface area (Å²) in [6.07, 6.45) is 1.82. The maximum absolute atomic E-state index is 6.02.